The molecule has 2 aromatic rings. The van der Waals surface area contributed by atoms with Crippen molar-refractivity contribution in [2.45, 2.75) is 69.0 Å². The van der Waals surface area contributed by atoms with Gasteiger partial charge in [0, 0.05) is 49.8 Å². The summed E-state index contributed by atoms with van der Waals surface area (Å²) < 4.78 is 51.3. The zero-order valence-corrected chi connectivity index (χ0v) is 26.2. The highest BCUT2D eigenvalue weighted by atomic mass is 31.2. The normalized spacial score (nSPS) is 18.6. The number of hydrogen-bond donors (Lipinski definition) is 5. The van der Waals surface area contributed by atoms with Gasteiger partial charge >= 0.3 is 27.3 Å². The molecule has 1 aromatic carbocycles. The summed E-state index contributed by atoms with van der Waals surface area (Å²) in [6, 6.07) is 1.73. The number of fused-ring (bicyclic) bond motifs is 1. The molecule has 0 bridgehead atoms. The molecule has 1 aliphatic heterocycles. The molecular formula is C27H37FN4O11P2. The molecule has 1 saturated heterocycles. The second kappa shape index (κ2) is 13.5. The minimum Gasteiger partial charge on any atom is -0.424 e. The quantitative estimate of drug-likeness (QED) is 0.112. The van der Waals surface area contributed by atoms with Gasteiger partial charge in [-0.25, -0.2) is 14.0 Å². The Kier molecular flexibility index (Phi) is 10.0. The van der Waals surface area contributed by atoms with Gasteiger partial charge in [-0.05, 0) is 37.8 Å². The van der Waals surface area contributed by atoms with Crippen LogP contribution < -0.4 is 15.6 Å². The zero-order chi connectivity index (χ0) is 32.5. The molecule has 15 nitrogen and oxygen atoms in total. The van der Waals surface area contributed by atoms with Crippen LogP contribution in [0.1, 0.15) is 67.8 Å². The first kappa shape index (κ1) is 33.5. The first-order valence-corrected chi connectivity index (χ1v) is 18.2. The monoisotopic (exact) mass is 674 g/mol. The third-order valence-electron chi connectivity index (χ3n) is 8.37. The highest BCUT2D eigenvalue weighted by Gasteiger charge is 2.52. The van der Waals surface area contributed by atoms with E-state index in [1.807, 2.05) is 4.90 Å². The maximum Gasteiger partial charge on any atom is 0.414 e. The fourth-order valence-corrected chi connectivity index (χ4v) is 8.86. The van der Waals surface area contributed by atoms with Crippen molar-refractivity contribution in [3.05, 3.63) is 39.9 Å². The van der Waals surface area contributed by atoms with E-state index in [1.165, 1.54) is 6.20 Å². The molecule has 18 heteroatoms. The summed E-state index contributed by atoms with van der Waals surface area (Å²) in [5.41, 5.74) is -3.22. The number of benzene rings is 1. The molecule has 3 aliphatic rings. The smallest absolute Gasteiger partial charge is 0.414 e. The van der Waals surface area contributed by atoms with E-state index in [4.69, 9.17) is 9.47 Å². The average molecular weight is 675 g/mol. The molecule has 2 heterocycles. The topological polar surface area (TPSA) is 208 Å². The summed E-state index contributed by atoms with van der Waals surface area (Å²) in [6.45, 7) is 1.41. The van der Waals surface area contributed by atoms with Crippen LogP contribution in [0.5, 0.6) is 0 Å². The standard InChI is InChI=1S/C27H37FN4O11P2/c28-21-13-19-22(14-23(21)30-11-9-29-10-12-30)31(17-7-8-17)15-20(24(19)33)25(34)42-16-43-26(35)32(18-5-3-1-2-4-6-18)27(44(36,37)38)45(39,40)41/h13-15,17-18,27,29H,1-12,16H2,(H2,36,37,38)(H2,39,40,41). The Bertz CT molecular complexity index is 1570. The van der Waals surface area contributed by atoms with Crippen molar-refractivity contribution in [3.8, 4) is 0 Å². The number of nitrogens with one attached hydrogen (secondary N) is 1. The fraction of sp³-hybridized carbons (Fsp3) is 0.593. The Labute approximate surface area is 257 Å². The lowest BCUT2D eigenvalue weighted by molar-refractivity contribution is -0.0171. The van der Waals surface area contributed by atoms with E-state index >= 15 is 4.39 Å². The van der Waals surface area contributed by atoms with Crippen LogP contribution in [0.15, 0.2) is 23.1 Å². The summed E-state index contributed by atoms with van der Waals surface area (Å²) in [5, 5.41) is 3.17. The Balaban J connectivity index is 1.37. The molecule has 5 N–H and O–H groups in total. The van der Waals surface area contributed by atoms with E-state index in [2.05, 4.69) is 5.32 Å². The number of halogens is 1. The number of ether oxygens (including phenoxy) is 2. The van der Waals surface area contributed by atoms with Gasteiger partial charge in [0.1, 0.15) is 11.4 Å². The number of rotatable bonds is 9. The molecule has 1 amide bonds. The van der Waals surface area contributed by atoms with Gasteiger partial charge in [0.15, 0.2) is 0 Å². The van der Waals surface area contributed by atoms with E-state index < -0.39 is 62.4 Å². The number of amides is 1. The molecule has 1 aromatic heterocycles. The van der Waals surface area contributed by atoms with Crippen molar-refractivity contribution in [1.29, 1.82) is 0 Å². The van der Waals surface area contributed by atoms with Crippen LogP contribution in [0.2, 0.25) is 0 Å². The highest BCUT2D eigenvalue weighted by Crippen LogP contribution is 2.62. The van der Waals surface area contributed by atoms with Gasteiger partial charge in [-0.1, -0.05) is 25.7 Å². The lowest BCUT2D eigenvalue weighted by Gasteiger charge is -2.36. The van der Waals surface area contributed by atoms with Crippen molar-refractivity contribution < 1.29 is 52.2 Å². The molecule has 45 heavy (non-hydrogen) atoms. The molecule has 2 aliphatic carbocycles. The average Bonchev–Trinajstić information content (AvgIpc) is 3.83. The van der Waals surface area contributed by atoms with Crippen molar-refractivity contribution in [1.82, 2.24) is 14.8 Å². The van der Waals surface area contributed by atoms with Gasteiger partial charge in [0.25, 0.3) is 0 Å². The first-order valence-electron chi connectivity index (χ1n) is 14.8. The van der Waals surface area contributed by atoms with Crippen molar-refractivity contribution in [2.75, 3.05) is 37.9 Å². The Morgan fingerprint density at radius 3 is 2.18 bits per heavy atom. The number of aromatic nitrogens is 1. The van der Waals surface area contributed by atoms with Crippen LogP contribution in [0.3, 0.4) is 0 Å². The number of piperazine rings is 1. The second-order valence-corrected chi connectivity index (χ2v) is 15.3. The van der Waals surface area contributed by atoms with Crippen LogP contribution in [-0.4, -0.2) is 85.6 Å². The second-order valence-electron chi connectivity index (χ2n) is 11.6. The predicted molar refractivity (Wildman–Crippen MR) is 159 cm³/mol. The van der Waals surface area contributed by atoms with Gasteiger partial charge in [-0.15, -0.1) is 0 Å². The summed E-state index contributed by atoms with van der Waals surface area (Å²) >= 11 is 0. The SMILES string of the molecule is O=C(OCOC(=O)N(C1CCCCCC1)C(P(=O)(O)O)P(=O)(O)O)c1cn(C2CC2)c2cc(N3CCNCC3)c(F)cc2c1=O. The molecule has 0 atom stereocenters. The Hall–Kier alpha value is -2.84. The van der Waals surface area contributed by atoms with Crippen LogP contribution in [0.25, 0.3) is 10.9 Å². The molecule has 248 valence electrons. The van der Waals surface area contributed by atoms with Crippen LogP contribution in [0, 0.1) is 5.82 Å². The Morgan fingerprint density at radius 2 is 1.60 bits per heavy atom. The largest absolute Gasteiger partial charge is 0.424 e. The first-order chi connectivity index (χ1) is 21.3. The van der Waals surface area contributed by atoms with Gasteiger partial charge in [-0.2, -0.15) is 0 Å². The van der Waals surface area contributed by atoms with Crippen LogP contribution in [-0.2, 0) is 18.6 Å². The van der Waals surface area contributed by atoms with Crippen molar-refractivity contribution >= 4 is 43.8 Å². The summed E-state index contributed by atoms with van der Waals surface area (Å²) in [5.74, 6) is -1.82. The van der Waals surface area contributed by atoms with Crippen LogP contribution >= 0.6 is 15.2 Å². The van der Waals surface area contributed by atoms with Crippen molar-refractivity contribution in [3.63, 3.8) is 0 Å². The van der Waals surface area contributed by atoms with E-state index in [0.29, 0.717) is 55.1 Å². The highest BCUT2D eigenvalue weighted by molar-refractivity contribution is 7.70. The number of carbonyl (C=O) groups excluding carboxylic acids is 2. The summed E-state index contributed by atoms with van der Waals surface area (Å²) in [7, 11) is -11.1. The summed E-state index contributed by atoms with van der Waals surface area (Å²) in [6.07, 6.45) is 4.44. The van der Waals surface area contributed by atoms with E-state index in [0.717, 1.165) is 31.7 Å². The summed E-state index contributed by atoms with van der Waals surface area (Å²) in [4.78, 5) is 81.0. The molecule has 0 spiro atoms. The minimum atomic E-state index is -5.57. The number of anilines is 1. The molecule has 0 radical (unpaired) electrons. The molecule has 3 fully saturated rings. The van der Waals surface area contributed by atoms with Crippen molar-refractivity contribution in [2.24, 2.45) is 0 Å². The third kappa shape index (κ3) is 7.60. The molecule has 2 saturated carbocycles. The molecule has 0 unspecified atom stereocenters. The third-order valence-corrected chi connectivity index (χ3v) is 11.9. The maximum atomic E-state index is 15.2. The minimum absolute atomic E-state index is 0.0239. The lowest BCUT2D eigenvalue weighted by Crippen LogP contribution is -2.47. The van der Waals surface area contributed by atoms with E-state index in [-0.39, 0.29) is 24.3 Å². The van der Waals surface area contributed by atoms with Gasteiger partial charge in [0.2, 0.25) is 17.7 Å². The number of nitrogens with zero attached hydrogens (tertiary/aromatic N) is 3. The number of pyridine rings is 1. The molecule has 5 rings (SSSR count). The maximum absolute atomic E-state index is 15.2. The fourth-order valence-electron chi connectivity index (χ4n) is 6.08. The van der Waals surface area contributed by atoms with Crippen LogP contribution in [0.4, 0.5) is 14.9 Å². The predicted octanol–water partition coefficient (Wildman–Crippen LogP) is 2.80. The van der Waals surface area contributed by atoms with E-state index in [9.17, 15) is 43.1 Å². The van der Waals surface area contributed by atoms with Gasteiger partial charge in [-0.3, -0.25) is 18.8 Å². The lowest BCUT2D eigenvalue weighted by atomic mass is 10.1. The molecular weight excluding hydrogens is 637 g/mol. The zero-order valence-electron chi connectivity index (χ0n) is 24.4. The number of carbonyl (C=O) groups is 2. The number of hydrogen-bond acceptors (Lipinski definition) is 9. The van der Waals surface area contributed by atoms with Gasteiger partial charge < -0.3 is 43.8 Å². The van der Waals surface area contributed by atoms with E-state index in [1.54, 1.807) is 10.6 Å². The Morgan fingerprint density at radius 1 is 0.978 bits per heavy atom. The van der Waals surface area contributed by atoms with Gasteiger partial charge in [0.05, 0.1) is 11.2 Å². The number of esters is 1.